The molecule has 0 aliphatic carbocycles. The van der Waals surface area contributed by atoms with Crippen LogP contribution in [0.15, 0.2) is 18.2 Å². The number of hydrogen-bond acceptors (Lipinski definition) is 5. The fraction of sp³-hybridized carbons (Fsp3) is 0.400. The Morgan fingerprint density at radius 2 is 2.00 bits per heavy atom. The highest BCUT2D eigenvalue weighted by Gasteiger charge is 2.07. The summed E-state index contributed by atoms with van der Waals surface area (Å²) in [6, 6.07) is 4.47. The van der Waals surface area contributed by atoms with E-state index in [1.807, 2.05) is 0 Å². The van der Waals surface area contributed by atoms with Crippen molar-refractivity contribution in [2.24, 2.45) is 0 Å². The average Bonchev–Trinajstić information content (AvgIpc) is 2.24. The van der Waals surface area contributed by atoms with Gasteiger partial charge in [0, 0.05) is 30.9 Å². The van der Waals surface area contributed by atoms with E-state index >= 15 is 0 Å². The lowest BCUT2D eigenvalue weighted by Crippen LogP contribution is -2.27. The summed E-state index contributed by atoms with van der Waals surface area (Å²) in [4.78, 5) is 10.1. The summed E-state index contributed by atoms with van der Waals surface area (Å²) in [6.07, 6.45) is 1.09. The lowest BCUT2D eigenvalue weighted by atomic mass is 10.2. The zero-order chi connectivity index (χ0) is 13.8. The summed E-state index contributed by atoms with van der Waals surface area (Å²) in [5, 5.41) is 13.5. The summed E-state index contributed by atoms with van der Waals surface area (Å²) in [5.41, 5.74) is 1.52. The van der Waals surface area contributed by atoms with Gasteiger partial charge < -0.3 is 5.32 Å². The molecule has 0 aromatic heterocycles. The van der Waals surface area contributed by atoms with Crippen LogP contribution in [0.2, 0.25) is 0 Å². The fourth-order valence-corrected chi connectivity index (χ4v) is 1.87. The molecule has 1 aromatic rings. The third kappa shape index (κ3) is 4.68. The van der Waals surface area contributed by atoms with Crippen LogP contribution in [0.5, 0.6) is 0 Å². The molecule has 7 nitrogen and oxygen atoms in total. The molecule has 0 heterocycles. The van der Waals surface area contributed by atoms with Crippen molar-refractivity contribution in [2.75, 3.05) is 24.7 Å². The van der Waals surface area contributed by atoms with Crippen molar-refractivity contribution >= 4 is 21.4 Å². The maximum atomic E-state index is 10.8. The second kappa shape index (κ2) is 5.78. The van der Waals surface area contributed by atoms with E-state index in [0.717, 1.165) is 17.5 Å². The van der Waals surface area contributed by atoms with E-state index in [1.54, 1.807) is 13.0 Å². The fourth-order valence-electron chi connectivity index (χ4n) is 1.39. The third-order valence-corrected chi connectivity index (χ3v) is 2.95. The molecule has 0 unspecified atom stereocenters. The van der Waals surface area contributed by atoms with Crippen molar-refractivity contribution in [3.63, 3.8) is 0 Å². The Labute approximate surface area is 105 Å². The molecular formula is C10H15N3O4S. The maximum absolute atomic E-state index is 10.8. The number of non-ortho nitro benzene ring substituents is 1. The third-order valence-electron chi connectivity index (χ3n) is 2.23. The van der Waals surface area contributed by atoms with E-state index in [1.165, 1.54) is 12.1 Å². The number of nitro benzene ring substituents is 1. The van der Waals surface area contributed by atoms with Crippen LogP contribution in [0.3, 0.4) is 0 Å². The van der Waals surface area contributed by atoms with Gasteiger partial charge in [-0.25, -0.2) is 13.1 Å². The average molecular weight is 273 g/mol. The standard InChI is InChI=1S/C10H15N3O4S/c1-8-7-9(13(14)15)3-4-10(8)11-5-6-12-18(2,16)17/h3-4,7,11-12H,5-6H2,1-2H3. The van der Waals surface area contributed by atoms with Crippen LogP contribution in [-0.2, 0) is 10.0 Å². The number of benzene rings is 1. The molecule has 0 atom stereocenters. The highest BCUT2D eigenvalue weighted by Crippen LogP contribution is 2.20. The molecule has 0 aliphatic rings. The van der Waals surface area contributed by atoms with Gasteiger partial charge in [0.1, 0.15) is 0 Å². The van der Waals surface area contributed by atoms with Gasteiger partial charge in [0.2, 0.25) is 10.0 Å². The Morgan fingerprint density at radius 3 is 2.50 bits per heavy atom. The zero-order valence-corrected chi connectivity index (χ0v) is 11.0. The number of nitrogens with one attached hydrogen (secondary N) is 2. The predicted molar refractivity (Wildman–Crippen MR) is 69.2 cm³/mol. The van der Waals surface area contributed by atoms with Crippen LogP contribution in [0.1, 0.15) is 5.56 Å². The summed E-state index contributed by atoms with van der Waals surface area (Å²) in [7, 11) is -3.19. The summed E-state index contributed by atoms with van der Waals surface area (Å²) < 4.78 is 24.0. The SMILES string of the molecule is Cc1cc([N+](=O)[O-])ccc1NCCNS(C)(=O)=O. The molecule has 100 valence electrons. The molecule has 8 heteroatoms. The van der Waals surface area contributed by atoms with Gasteiger partial charge in [0.15, 0.2) is 0 Å². The van der Waals surface area contributed by atoms with Crippen molar-refractivity contribution in [1.29, 1.82) is 0 Å². The van der Waals surface area contributed by atoms with Gasteiger partial charge in [-0.2, -0.15) is 0 Å². The number of sulfonamides is 1. The number of anilines is 1. The molecule has 0 saturated carbocycles. The van der Waals surface area contributed by atoms with Crippen molar-refractivity contribution in [3.05, 3.63) is 33.9 Å². The van der Waals surface area contributed by atoms with E-state index < -0.39 is 14.9 Å². The molecule has 0 bridgehead atoms. The number of aryl methyl sites for hydroxylation is 1. The number of rotatable bonds is 6. The molecule has 0 saturated heterocycles. The highest BCUT2D eigenvalue weighted by atomic mass is 32.2. The predicted octanol–water partition coefficient (Wildman–Crippen LogP) is 0.864. The molecule has 18 heavy (non-hydrogen) atoms. The summed E-state index contributed by atoms with van der Waals surface area (Å²) in [6.45, 7) is 2.42. The normalized spacial score (nSPS) is 11.2. The molecule has 1 aromatic carbocycles. The van der Waals surface area contributed by atoms with E-state index in [0.29, 0.717) is 6.54 Å². The molecule has 1 rings (SSSR count). The minimum atomic E-state index is -3.19. The summed E-state index contributed by atoms with van der Waals surface area (Å²) in [5.74, 6) is 0. The topological polar surface area (TPSA) is 101 Å². The Bertz CT molecular complexity index is 542. The molecular weight excluding hydrogens is 258 g/mol. The first kappa shape index (κ1) is 14.4. The number of nitro groups is 1. The molecule has 2 N–H and O–H groups in total. The van der Waals surface area contributed by atoms with E-state index in [-0.39, 0.29) is 12.2 Å². The van der Waals surface area contributed by atoms with E-state index in [4.69, 9.17) is 0 Å². The van der Waals surface area contributed by atoms with Crippen molar-refractivity contribution in [3.8, 4) is 0 Å². The van der Waals surface area contributed by atoms with Gasteiger partial charge in [-0.15, -0.1) is 0 Å². The second-order valence-corrected chi connectivity index (χ2v) is 5.68. The minimum Gasteiger partial charge on any atom is -0.384 e. The largest absolute Gasteiger partial charge is 0.384 e. The van der Waals surface area contributed by atoms with Gasteiger partial charge in [-0.1, -0.05) is 0 Å². The lowest BCUT2D eigenvalue weighted by Gasteiger charge is -2.09. The van der Waals surface area contributed by atoms with Crippen LogP contribution >= 0.6 is 0 Å². The quantitative estimate of drug-likeness (QED) is 0.455. The first-order valence-corrected chi connectivity index (χ1v) is 7.12. The lowest BCUT2D eigenvalue weighted by molar-refractivity contribution is -0.384. The van der Waals surface area contributed by atoms with Gasteiger partial charge in [0.25, 0.3) is 5.69 Å². The molecule has 0 radical (unpaired) electrons. The Morgan fingerprint density at radius 1 is 1.33 bits per heavy atom. The number of nitrogens with zero attached hydrogens (tertiary/aromatic N) is 1. The van der Waals surface area contributed by atoms with Crippen LogP contribution in [-0.4, -0.2) is 32.7 Å². The maximum Gasteiger partial charge on any atom is 0.269 e. The molecule has 0 fully saturated rings. The Balaban J connectivity index is 2.56. The number of hydrogen-bond donors (Lipinski definition) is 2. The first-order valence-electron chi connectivity index (χ1n) is 5.23. The summed E-state index contributed by atoms with van der Waals surface area (Å²) >= 11 is 0. The van der Waals surface area contributed by atoms with Crippen molar-refractivity contribution in [1.82, 2.24) is 4.72 Å². The van der Waals surface area contributed by atoms with E-state index in [9.17, 15) is 18.5 Å². The van der Waals surface area contributed by atoms with Gasteiger partial charge in [-0.3, -0.25) is 10.1 Å². The van der Waals surface area contributed by atoms with Crippen molar-refractivity contribution < 1.29 is 13.3 Å². The van der Waals surface area contributed by atoms with Gasteiger partial charge in [-0.05, 0) is 18.6 Å². The van der Waals surface area contributed by atoms with Crippen LogP contribution in [0, 0.1) is 17.0 Å². The van der Waals surface area contributed by atoms with Crippen molar-refractivity contribution in [2.45, 2.75) is 6.92 Å². The van der Waals surface area contributed by atoms with E-state index in [2.05, 4.69) is 10.0 Å². The monoisotopic (exact) mass is 273 g/mol. The van der Waals surface area contributed by atoms with Gasteiger partial charge in [0.05, 0.1) is 11.2 Å². The zero-order valence-electron chi connectivity index (χ0n) is 10.1. The smallest absolute Gasteiger partial charge is 0.269 e. The minimum absolute atomic E-state index is 0.0345. The molecule has 0 amide bonds. The van der Waals surface area contributed by atoms with Gasteiger partial charge >= 0.3 is 0 Å². The Hall–Kier alpha value is -1.67. The second-order valence-electron chi connectivity index (χ2n) is 3.85. The highest BCUT2D eigenvalue weighted by molar-refractivity contribution is 7.88. The van der Waals surface area contributed by atoms with Crippen LogP contribution in [0.25, 0.3) is 0 Å². The van der Waals surface area contributed by atoms with Crippen LogP contribution < -0.4 is 10.0 Å². The first-order chi connectivity index (χ1) is 8.29. The molecule has 0 spiro atoms. The van der Waals surface area contributed by atoms with Crippen LogP contribution in [0.4, 0.5) is 11.4 Å². The molecule has 0 aliphatic heterocycles. The Kier molecular flexibility index (Phi) is 4.62.